The zero-order chi connectivity index (χ0) is 8.72. The molecule has 0 unspecified atom stereocenters. The van der Waals surface area contributed by atoms with Gasteiger partial charge >= 0.3 is 0 Å². The molecule has 0 N–H and O–H groups in total. The molecule has 1 aromatic heterocycles. The largest absolute Gasteiger partial charge is 0.206 e. The molecule has 0 spiro atoms. The number of fused-ring (bicyclic) bond motifs is 1. The summed E-state index contributed by atoms with van der Waals surface area (Å²) in [4.78, 5) is 0. The summed E-state index contributed by atoms with van der Waals surface area (Å²) in [5.74, 6) is -0.187. The SMILES string of the molecule is Cc1csc2c(Cl)ccc(F)c12. The molecule has 2 rings (SSSR count). The predicted octanol–water partition coefficient (Wildman–Crippen LogP) is 4.00. The van der Waals surface area contributed by atoms with Gasteiger partial charge in [0.15, 0.2) is 0 Å². The lowest BCUT2D eigenvalue weighted by Crippen LogP contribution is -1.76. The molecule has 62 valence electrons. The Hall–Kier alpha value is -0.600. The molecule has 0 aliphatic carbocycles. The van der Waals surface area contributed by atoms with Gasteiger partial charge in [-0.3, -0.25) is 0 Å². The molecule has 0 atom stereocenters. The summed E-state index contributed by atoms with van der Waals surface area (Å²) in [5.41, 5.74) is 0.954. The van der Waals surface area contributed by atoms with Crippen LogP contribution in [0.3, 0.4) is 0 Å². The smallest absolute Gasteiger partial charge is 0.132 e. The van der Waals surface area contributed by atoms with Gasteiger partial charge in [0.2, 0.25) is 0 Å². The van der Waals surface area contributed by atoms with Crippen molar-refractivity contribution in [1.82, 2.24) is 0 Å². The van der Waals surface area contributed by atoms with Crippen molar-refractivity contribution in [3.63, 3.8) is 0 Å². The van der Waals surface area contributed by atoms with Crippen LogP contribution < -0.4 is 0 Å². The molecule has 0 aliphatic heterocycles. The van der Waals surface area contributed by atoms with Crippen LogP contribution in [-0.4, -0.2) is 0 Å². The summed E-state index contributed by atoms with van der Waals surface area (Å²) < 4.78 is 14.1. The summed E-state index contributed by atoms with van der Waals surface area (Å²) >= 11 is 7.37. The zero-order valence-electron chi connectivity index (χ0n) is 6.40. The molecule has 0 amide bonds. The minimum absolute atomic E-state index is 0.187. The number of thiophene rings is 1. The second kappa shape index (κ2) is 2.71. The van der Waals surface area contributed by atoms with Gasteiger partial charge in [-0.05, 0) is 30.0 Å². The normalized spacial score (nSPS) is 10.9. The lowest BCUT2D eigenvalue weighted by molar-refractivity contribution is 0.639. The van der Waals surface area contributed by atoms with Gasteiger partial charge in [-0.1, -0.05) is 11.6 Å². The van der Waals surface area contributed by atoms with Crippen LogP contribution in [0.15, 0.2) is 17.5 Å². The molecular formula is C9H6ClFS. The summed E-state index contributed by atoms with van der Waals surface area (Å²) in [7, 11) is 0. The second-order valence-electron chi connectivity index (χ2n) is 2.65. The fraction of sp³-hybridized carbons (Fsp3) is 0.111. The Bertz CT molecular complexity index is 433. The Balaban J connectivity index is 2.98. The first-order valence-electron chi connectivity index (χ1n) is 3.52. The molecule has 0 saturated heterocycles. The Morgan fingerprint density at radius 1 is 1.42 bits per heavy atom. The fourth-order valence-electron chi connectivity index (χ4n) is 1.22. The molecule has 0 bridgehead atoms. The highest BCUT2D eigenvalue weighted by Crippen LogP contribution is 2.33. The first-order chi connectivity index (χ1) is 5.70. The van der Waals surface area contributed by atoms with E-state index in [4.69, 9.17) is 11.6 Å². The van der Waals surface area contributed by atoms with Crippen molar-refractivity contribution in [3.8, 4) is 0 Å². The molecule has 1 heterocycles. The maximum atomic E-state index is 13.2. The quantitative estimate of drug-likeness (QED) is 0.603. The van der Waals surface area contributed by atoms with Gasteiger partial charge in [-0.2, -0.15) is 0 Å². The molecule has 0 fully saturated rings. The maximum absolute atomic E-state index is 13.2. The topological polar surface area (TPSA) is 0 Å². The maximum Gasteiger partial charge on any atom is 0.132 e. The molecule has 3 heteroatoms. The van der Waals surface area contributed by atoms with E-state index in [0.29, 0.717) is 10.4 Å². The summed E-state index contributed by atoms with van der Waals surface area (Å²) in [6.45, 7) is 1.89. The minimum atomic E-state index is -0.187. The van der Waals surface area contributed by atoms with Crippen molar-refractivity contribution >= 4 is 33.0 Å². The lowest BCUT2D eigenvalue weighted by atomic mass is 10.2. The van der Waals surface area contributed by atoms with Gasteiger partial charge in [0.25, 0.3) is 0 Å². The van der Waals surface area contributed by atoms with Crippen molar-refractivity contribution in [3.05, 3.63) is 33.9 Å². The standard InChI is InChI=1S/C9H6ClFS/c1-5-4-12-9-6(10)2-3-7(11)8(5)9/h2-4H,1H3. The molecule has 0 saturated carbocycles. The number of hydrogen-bond acceptors (Lipinski definition) is 1. The minimum Gasteiger partial charge on any atom is -0.206 e. The van der Waals surface area contributed by atoms with E-state index >= 15 is 0 Å². The van der Waals surface area contributed by atoms with E-state index in [0.717, 1.165) is 10.3 Å². The van der Waals surface area contributed by atoms with Crippen molar-refractivity contribution in [2.24, 2.45) is 0 Å². The molecule has 12 heavy (non-hydrogen) atoms. The van der Waals surface area contributed by atoms with Crippen LogP contribution in [-0.2, 0) is 0 Å². The van der Waals surface area contributed by atoms with Crippen LogP contribution in [0.25, 0.3) is 10.1 Å². The van der Waals surface area contributed by atoms with Gasteiger partial charge in [0, 0.05) is 5.39 Å². The highest BCUT2D eigenvalue weighted by Gasteiger charge is 2.08. The fourth-order valence-corrected chi connectivity index (χ4v) is 2.48. The Kier molecular flexibility index (Phi) is 1.81. The van der Waals surface area contributed by atoms with Gasteiger partial charge in [0.1, 0.15) is 5.82 Å². The van der Waals surface area contributed by atoms with Crippen LogP contribution in [0, 0.1) is 12.7 Å². The molecule has 2 aromatic rings. The first kappa shape index (κ1) is 8.02. The summed E-state index contributed by atoms with van der Waals surface area (Å²) in [6.07, 6.45) is 0. The first-order valence-corrected chi connectivity index (χ1v) is 4.77. The van der Waals surface area contributed by atoms with E-state index < -0.39 is 0 Å². The predicted molar refractivity (Wildman–Crippen MR) is 51.5 cm³/mol. The molecule has 0 nitrogen and oxygen atoms in total. The lowest BCUT2D eigenvalue weighted by Gasteiger charge is -1.95. The van der Waals surface area contributed by atoms with Crippen molar-refractivity contribution in [1.29, 1.82) is 0 Å². The highest BCUT2D eigenvalue weighted by atomic mass is 35.5. The number of halogens is 2. The highest BCUT2D eigenvalue weighted by molar-refractivity contribution is 7.18. The Morgan fingerprint density at radius 3 is 2.83 bits per heavy atom. The van der Waals surface area contributed by atoms with E-state index in [-0.39, 0.29) is 5.82 Å². The van der Waals surface area contributed by atoms with E-state index in [1.807, 2.05) is 12.3 Å². The third-order valence-corrected chi connectivity index (χ3v) is 3.36. The van der Waals surface area contributed by atoms with Gasteiger partial charge < -0.3 is 0 Å². The van der Waals surface area contributed by atoms with E-state index in [1.54, 1.807) is 6.07 Å². The second-order valence-corrected chi connectivity index (χ2v) is 3.94. The van der Waals surface area contributed by atoms with Crippen molar-refractivity contribution in [2.45, 2.75) is 6.92 Å². The monoisotopic (exact) mass is 200 g/mol. The number of rotatable bonds is 0. The summed E-state index contributed by atoms with van der Waals surface area (Å²) in [5, 5.41) is 3.21. The molecule has 0 radical (unpaired) electrons. The van der Waals surface area contributed by atoms with E-state index in [2.05, 4.69) is 0 Å². The van der Waals surface area contributed by atoms with Crippen molar-refractivity contribution in [2.75, 3.05) is 0 Å². The third-order valence-electron chi connectivity index (χ3n) is 1.81. The summed E-state index contributed by atoms with van der Waals surface area (Å²) in [6, 6.07) is 3.00. The van der Waals surface area contributed by atoms with E-state index in [9.17, 15) is 4.39 Å². The Morgan fingerprint density at radius 2 is 2.17 bits per heavy atom. The van der Waals surface area contributed by atoms with Crippen LogP contribution in [0.4, 0.5) is 4.39 Å². The Labute approximate surface area is 78.6 Å². The molecule has 1 aromatic carbocycles. The number of aryl methyl sites for hydroxylation is 1. The van der Waals surface area contributed by atoms with E-state index in [1.165, 1.54) is 17.4 Å². The number of hydrogen-bond donors (Lipinski definition) is 0. The molecular weight excluding hydrogens is 195 g/mol. The van der Waals surface area contributed by atoms with Crippen LogP contribution in [0.2, 0.25) is 5.02 Å². The average Bonchev–Trinajstić information content (AvgIpc) is 2.42. The van der Waals surface area contributed by atoms with Gasteiger partial charge in [-0.25, -0.2) is 4.39 Å². The third kappa shape index (κ3) is 1.03. The molecule has 0 aliphatic rings. The van der Waals surface area contributed by atoms with Crippen LogP contribution in [0.5, 0.6) is 0 Å². The number of benzene rings is 1. The van der Waals surface area contributed by atoms with Crippen LogP contribution >= 0.6 is 22.9 Å². The van der Waals surface area contributed by atoms with Gasteiger partial charge in [-0.15, -0.1) is 11.3 Å². The van der Waals surface area contributed by atoms with Gasteiger partial charge in [0.05, 0.1) is 9.72 Å². The van der Waals surface area contributed by atoms with Crippen LogP contribution in [0.1, 0.15) is 5.56 Å². The average molecular weight is 201 g/mol. The zero-order valence-corrected chi connectivity index (χ0v) is 7.97. The van der Waals surface area contributed by atoms with Crippen molar-refractivity contribution < 1.29 is 4.39 Å².